The Morgan fingerprint density at radius 1 is 1.47 bits per heavy atom. The van der Waals surface area contributed by atoms with Gasteiger partial charge in [0, 0.05) is 10.0 Å². The molecule has 1 rings (SSSR count). The first-order valence-electron chi connectivity index (χ1n) is 5.56. The van der Waals surface area contributed by atoms with Crippen LogP contribution < -0.4 is 11.1 Å². The standard InChI is InChI=1S/C13H17Cl2N3.HI/c1-8(2)7-17-13(16)18-9(3)11-5-4-10(14)6-12(11)15;/h4-6,9H,1,7H2,2-3H3,(H3,16,17,18);1H. The zero-order chi connectivity index (χ0) is 13.7. The second-order valence-electron chi connectivity index (χ2n) is 4.19. The molecule has 0 aliphatic carbocycles. The van der Waals surface area contributed by atoms with Crippen molar-refractivity contribution in [3.63, 3.8) is 0 Å². The maximum Gasteiger partial charge on any atom is 0.189 e. The van der Waals surface area contributed by atoms with Crippen molar-refractivity contribution in [3.05, 3.63) is 46.0 Å². The van der Waals surface area contributed by atoms with Crippen molar-refractivity contribution < 1.29 is 0 Å². The highest BCUT2D eigenvalue weighted by Crippen LogP contribution is 2.25. The fraction of sp³-hybridized carbons (Fsp3) is 0.308. The summed E-state index contributed by atoms with van der Waals surface area (Å²) in [5, 5.41) is 4.29. The van der Waals surface area contributed by atoms with E-state index in [9.17, 15) is 0 Å². The average molecular weight is 414 g/mol. The Morgan fingerprint density at radius 3 is 2.63 bits per heavy atom. The van der Waals surface area contributed by atoms with E-state index in [0.29, 0.717) is 22.5 Å². The maximum atomic E-state index is 6.12. The van der Waals surface area contributed by atoms with Crippen molar-refractivity contribution >= 4 is 53.1 Å². The number of rotatable bonds is 4. The van der Waals surface area contributed by atoms with Crippen LogP contribution in [0.4, 0.5) is 0 Å². The van der Waals surface area contributed by atoms with E-state index >= 15 is 0 Å². The fourth-order valence-electron chi connectivity index (χ4n) is 1.42. The van der Waals surface area contributed by atoms with Gasteiger partial charge in [0.05, 0.1) is 12.6 Å². The van der Waals surface area contributed by atoms with Crippen LogP contribution in [-0.2, 0) is 0 Å². The Bertz CT molecular complexity index is 475. The van der Waals surface area contributed by atoms with Crippen LogP contribution in [0.25, 0.3) is 0 Å². The first-order chi connectivity index (χ1) is 8.40. The van der Waals surface area contributed by atoms with Crippen LogP contribution >= 0.6 is 47.2 Å². The Balaban J connectivity index is 0.00000324. The average Bonchev–Trinajstić information content (AvgIpc) is 2.26. The van der Waals surface area contributed by atoms with Gasteiger partial charge in [-0.3, -0.25) is 0 Å². The third kappa shape index (κ3) is 6.49. The molecule has 0 fully saturated rings. The minimum Gasteiger partial charge on any atom is -0.370 e. The lowest BCUT2D eigenvalue weighted by Crippen LogP contribution is -2.34. The zero-order valence-electron chi connectivity index (χ0n) is 10.9. The van der Waals surface area contributed by atoms with Gasteiger partial charge in [-0.2, -0.15) is 0 Å². The van der Waals surface area contributed by atoms with Gasteiger partial charge in [-0.1, -0.05) is 41.4 Å². The molecular weight excluding hydrogens is 396 g/mol. The molecule has 0 spiro atoms. The number of aliphatic imine (C=N–C) groups is 1. The van der Waals surface area contributed by atoms with Crippen molar-refractivity contribution in [1.82, 2.24) is 5.32 Å². The molecule has 3 nitrogen and oxygen atoms in total. The SMILES string of the molecule is C=C(C)CN=C(N)NC(C)c1ccc(Cl)cc1Cl.I. The smallest absolute Gasteiger partial charge is 0.189 e. The Morgan fingerprint density at radius 2 is 2.11 bits per heavy atom. The summed E-state index contributed by atoms with van der Waals surface area (Å²) in [5.74, 6) is 0.372. The first kappa shape index (κ1) is 18.5. The minimum absolute atomic E-state index is 0. The van der Waals surface area contributed by atoms with Crippen LogP contribution in [0.15, 0.2) is 35.3 Å². The number of nitrogens with two attached hydrogens (primary N) is 1. The van der Waals surface area contributed by atoms with Gasteiger partial charge in [0.1, 0.15) is 0 Å². The van der Waals surface area contributed by atoms with Gasteiger partial charge in [-0.05, 0) is 31.5 Å². The van der Waals surface area contributed by atoms with Crippen LogP contribution in [0.1, 0.15) is 25.5 Å². The number of hydrogen-bond donors (Lipinski definition) is 2. The molecule has 0 aliphatic rings. The third-order valence-corrected chi connectivity index (χ3v) is 2.88. The summed E-state index contributed by atoms with van der Waals surface area (Å²) < 4.78 is 0. The summed E-state index contributed by atoms with van der Waals surface area (Å²) in [5.41, 5.74) is 7.65. The molecule has 3 N–H and O–H groups in total. The zero-order valence-corrected chi connectivity index (χ0v) is 14.8. The summed E-state index contributed by atoms with van der Waals surface area (Å²) in [7, 11) is 0. The molecule has 0 heterocycles. The van der Waals surface area contributed by atoms with Crippen LogP contribution in [0.2, 0.25) is 10.0 Å². The van der Waals surface area contributed by atoms with Gasteiger partial charge in [0.15, 0.2) is 5.96 Å². The van der Waals surface area contributed by atoms with Crippen molar-refractivity contribution in [2.45, 2.75) is 19.9 Å². The lowest BCUT2D eigenvalue weighted by Gasteiger charge is -2.16. The molecule has 19 heavy (non-hydrogen) atoms. The highest BCUT2D eigenvalue weighted by atomic mass is 127. The van der Waals surface area contributed by atoms with Gasteiger partial charge in [-0.25, -0.2) is 4.99 Å². The molecule has 0 aliphatic heterocycles. The van der Waals surface area contributed by atoms with Crippen molar-refractivity contribution in [1.29, 1.82) is 0 Å². The number of nitrogens with zero attached hydrogens (tertiary/aromatic N) is 1. The number of guanidine groups is 1. The molecule has 6 heteroatoms. The molecule has 0 saturated carbocycles. The van der Waals surface area contributed by atoms with Crippen LogP contribution in [0.3, 0.4) is 0 Å². The van der Waals surface area contributed by atoms with Crippen LogP contribution in [-0.4, -0.2) is 12.5 Å². The molecule has 0 radical (unpaired) electrons. The summed E-state index contributed by atoms with van der Waals surface area (Å²) in [6.45, 7) is 8.13. The van der Waals surface area contributed by atoms with E-state index in [1.807, 2.05) is 19.9 Å². The molecule has 1 aromatic rings. The van der Waals surface area contributed by atoms with E-state index in [1.54, 1.807) is 12.1 Å². The van der Waals surface area contributed by atoms with E-state index < -0.39 is 0 Å². The second-order valence-corrected chi connectivity index (χ2v) is 5.03. The van der Waals surface area contributed by atoms with E-state index in [1.165, 1.54) is 0 Å². The topological polar surface area (TPSA) is 50.4 Å². The maximum absolute atomic E-state index is 6.12. The molecule has 0 amide bonds. The third-order valence-electron chi connectivity index (χ3n) is 2.31. The number of hydrogen-bond acceptors (Lipinski definition) is 1. The number of halogens is 3. The molecule has 1 atom stereocenters. The van der Waals surface area contributed by atoms with Gasteiger partial charge in [0.2, 0.25) is 0 Å². The highest BCUT2D eigenvalue weighted by molar-refractivity contribution is 14.0. The number of nitrogens with one attached hydrogen (secondary N) is 1. The van der Waals surface area contributed by atoms with Gasteiger partial charge in [-0.15, -0.1) is 24.0 Å². The molecule has 106 valence electrons. The van der Waals surface area contributed by atoms with Crippen LogP contribution in [0, 0.1) is 0 Å². The lowest BCUT2D eigenvalue weighted by molar-refractivity contribution is 0.709. The predicted molar refractivity (Wildman–Crippen MR) is 94.7 cm³/mol. The molecule has 0 saturated heterocycles. The summed E-state index contributed by atoms with van der Waals surface area (Å²) in [6, 6.07) is 5.33. The van der Waals surface area contributed by atoms with E-state index in [-0.39, 0.29) is 30.0 Å². The van der Waals surface area contributed by atoms with E-state index in [0.717, 1.165) is 11.1 Å². The molecule has 1 unspecified atom stereocenters. The minimum atomic E-state index is -0.0383. The van der Waals surface area contributed by atoms with E-state index in [2.05, 4.69) is 16.9 Å². The highest BCUT2D eigenvalue weighted by Gasteiger charge is 2.10. The van der Waals surface area contributed by atoms with Crippen molar-refractivity contribution in [3.8, 4) is 0 Å². The van der Waals surface area contributed by atoms with Crippen molar-refractivity contribution in [2.75, 3.05) is 6.54 Å². The first-order valence-corrected chi connectivity index (χ1v) is 6.31. The monoisotopic (exact) mass is 413 g/mol. The Labute approximate surface area is 141 Å². The van der Waals surface area contributed by atoms with Gasteiger partial charge < -0.3 is 11.1 Å². The fourth-order valence-corrected chi connectivity index (χ4v) is 1.99. The summed E-state index contributed by atoms with van der Waals surface area (Å²) >= 11 is 12.0. The number of benzene rings is 1. The molecular formula is C13H18Cl2IN3. The molecule has 1 aromatic carbocycles. The molecule has 0 bridgehead atoms. The van der Waals surface area contributed by atoms with Crippen molar-refractivity contribution in [2.24, 2.45) is 10.7 Å². The largest absolute Gasteiger partial charge is 0.370 e. The van der Waals surface area contributed by atoms with Gasteiger partial charge >= 0.3 is 0 Å². The normalized spacial score (nSPS) is 12.5. The lowest BCUT2D eigenvalue weighted by atomic mass is 10.1. The van der Waals surface area contributed by atoms with E-state index in [4.69, 9.17) is 28.9 Å². The van der Waals surface area contributed by atoms with Crippen LogP contribution in [0.5, 0.6) is 0 Å². The second kappa shape index (κ2) is 8.66. The van der Waals surface area contributed by atoms with Gasteiger partial charge in [0.25, 0.3) is 0 Å². The Hall–Kier alpha value is -0.460. The summed E-state index contributed by atoms with van der Waals surface area (Å²) in [4.78, 5) is 4.15. The molecule has 0 aromatic heterocycles. The quantitative estimate of drug-likeness (QED) is 0.337. The predicted octanol–water partition coefficient (Wildman–Crippen LogP) is 4.15. The Kier molecular flexibility index (Phi) is 8.45. The summed E-state index contributed by atoms with van der Waals surface area (Å²) in [6.07, 6.45) is 0.